The zero-order valence-electron chi connectivity index (χ0n) is 6.79. The molecule has 0 N–H and O–H groups in total. The van der Waals surface area contributed by atoms with Crippen molar-refractivity contribution in [2.45, 2.75) is 24.9 Å². The summed E-state index contributed by atoms with van der Waals surface area (Å²) in [7, 11) is -0.439. The summed E-state index contributed by atoms with van der Waals surface area (Å²) in [5.41, 5.74) is 0. The summed E-state index contributed by atoms with van der Waals surface area (Å²) in [4.78, 5) is 0. The van der Waals surface area contributed by atoms with Gasteiger partial charge in [0.1, 0.15) is 0 Å². The average Bonchev–Trinajstić information content (AvgIpc) is 2.58. The van der Waals surface area contributed by atoms with Crippen molar-refractivity contribution in [2.75, 3.05) is 0 Å². The Morgan fingerprint density at radius 3 is 2.18 bits per heavy atom. The van der Waals surface area contributed by atoms with Crippen molar-refractivity contribution < 1.29 is 0 Å². The van der Waals surface area contributed by atoms with Crippen LogP contribution in [-0.2, 0) is 0 Å². The maximum atomic E-state index is 2.32. The second-order valence-electron chi connectivity index (χ2n) is 3.39. The van der Waals surface area contributed by atoms with Gasteiger partial charge in [0.15, 0.2) is 0 Å². The minimum Gasteiger partial charge on any atom is -0.0633 e. The van der Waals surface area contributed by atoms with Crippen molar-refractivity contribution in [2.24, 2.45) is 0 Å². The number of rotatable bonds is 1. The number of hydrogen-bond donors (Lipinski definition) is 0. The second kappa shape index (κ2) is 3.22. The first-order valence-corrected chi connectivity index (χ1v) is 6.73. The Morgan fingerprint density at radius 2 is 1.55 bits per heavy atom. The van der Waals surface area contributed by atoms with Gasteiger partial charge in [0.2, 0.25) is 0 Å². The lowest BCUT2D eigenvalue weighted by Crippen LogP contribution is -2.25. The molecule has 0 aromatic heterocycles. The van der Waals surface area contributed by atoms with E-state index in [1.165, 1.54) is 12.8 Å². The first-order chi connectivity index (χ1) is 5.47. The molecule has 1 heteroatoms. The van der Waals surface area contributed by atoms with Gasteiger partial charge in [0.25, 0.3) is 0 Å². The van der Waals surface area contributed by atoms with Crippen LogP contribution in [0.3, 0.4) is 0 Å². The molecule has 0 unspecified atom stereocenters. The SMILES string of the molecule is c1ccc([SiH]2CCCC2)cc1. The molecule has 1 aliphatic rings. The largest absolute Gasteiger partial charge is 0.0708 e. The summed E-state index contributed by atoms with van der Waals surface area (Å²) in [5, 5.41) is 1.69. The Bertz CT molecular complexity index is 212. The fourth-order valence-corrected chi connectivity index (χ4v) is 5.27. The first-order valence-electron chi connectivity index (χ1n) is 4.52. The predicted molar refractivity (Wildman–Crippen MR) is 52.1 cm³/mol. The normalized spacial score (nSPS) is 18.9. The van der Waals surface area contributed by atoms with Crippen LogP contribution in [0.2, 0.25) is 12.1 Å². The Kier molecular flexibility index (Phi) is 2.08. The van der Waals surface area contributed by atoms with Crippen molar-refractivity contribution in [3.8, 4) is 0 Å². The van der Waals surface area contributed by atoms with Gasteiger partial charge in [-0.05, 0) is 0 Å². The molecule has 0 atom stereocenters. The molecule has 1 aliphatic heterocycles. The van der Waals surface area contributed by atoms with Crippen LogP contribution in [0.15, 0.2) is 30.3 Å². The second-order valence-corrected chi connectivity index (χ2v) is 6.61. The van der Waals surface area contributed by atoms with Crippen molar-refractivity contribution in [1.29, 1.82) is 0 Å². The van der Waals surface area contributed by atoms with Crippen LogP contribution >= 0.6 is 0 Å². The highest BCUT2D eigenvalue weighted by Gasteiger charge is 2.17. The molecule has 0 nitrogen and oxygen atoms in total. The van der Waals surface area contributed by atoms with E-state index in [1.54, 1.807) is 17.3 Å². The molecule has 0 amide bonds. The zero-order chi connectivity index (χ0) is 7.52. The van der Waals surface area contributed by atoms with Crippen LogP contribution in [0.25, 0.3) is 0 Å². The van der Waals surface area contributed by atoms with Crippen LogP contribution in [0, 0.1) is 0 Å². The third-order valence-electron chi connectivity index (χ3n) is 2.63. The van der Waals surface area contributed by atoms with Gasteiger partial charge in [-0.1, -0.05) is 60.4 Å². The monoisotopic (exact) mass is 162 g/mol. The molecule has 0 aliphatic carbocycles. The number of hydrogen-bond acceptors (Lipinski definition) is 0. The molecule has 1 heterocycles. The van der Waals surface area contributed by atoms with Crippen molar-refractivity contribution in [3.05, 3.63) is 30.3 Å². The van der Waals surface area contributed by atoms with E-state index in [0.29, 0.717) is 0 Å². The number of benzene rings is 1. The average molecular weight is 162 g/mol. The summed E-state index contributed by atoms with van der Waals surface area (Å²) in [6, 6.07) is 14.2. The maximum absolute atomic E-state index is 2.32. The molecule has 58 valence electrons. The van der Waals surface area contributed by atoms with E-state index in [2.05, 4.69) is 30.3 Å². The van der Waals surface area contributed by atoms with Gasteiger partial charge in [0, 0.05) is 0 Å². The van der Waals surface area contributed by atoms with E-state index in [9.17, 15) is 0 Å². The van der Waals surface area contributed by atoms with Gasteiger partial charge in [0.05, 0.1) is 8.80 Å². The zero-order valence-corrected chi connectivity index (χ0v) is 7.95. The van der Waals surface area contributed by atoms with Gasteiger partial charge < -0.3 is 0 Å². The standard InChI is InChI=1S/C10H14Si/c1-2-6-10(7-3-1)11-8-4-5-9-11/h1-3,6-7,11H,4-5,8-9H2. The Balaban J connectivity index is 2.16. The maximum Gasteiger partial charge on any atom is 0.0708 e. The molecule has 2 rings (SSSR count). The summed E-state index contributed by atoms with van der Waals surface area (Å²) in [5.74, 6) is 0. The lowest BCUT2D eigenvalue weighted by Gasteiger charge is -2.05. The van der Waals surface area contributed by atoms with Gasteiger partial charge in [-0.25, -0.2) is 0 Å². The summed E-state index contributed by atoms with van der Waals surface area (Å²) >= 11 is 0. The molecule has 0 saturated carbocycles. The molecule has 1 aromatic carbocycles. The Morgan fingerprint density at radius 1 is 0.909 bits per heavy atom. The van der Waals surface area contributed by atoms with Gasteiger partial charge >= 0.3 is 0 Å². The minimum atomic E-state index is -0.439. The smallest absolute Gasteiger partial charge is 0.0633 e. The Labute approximate surface area is 69.9 Å². The lowest BCUT2D eigenvalue weighted by atomic mass is 10.4. The van der Waals surface area contributed by atoms with Crippen molar-refractivity contribution in [1.82, 2.24) is 0 Å². The van der Waals surface area contributed by atoms with Crippen molar-refractivity contribution >= 4 is 14.0 Å². The molecule has 1 fully saturated rings. The molecule has 0 radical (unpaired) electrons. The molecule has 0 spiro atoms. The van der Waals surface area contributed by atoms with Crippen LogP contribution in [-0.4, -0.2) is 8.80 Å². The van der Waals surface area contributed by atoms with Crippen LogP contribution < -0.4 is 5.19 Å². The molecule has 1 saturated heterocycles. The highest BCUT2D eigenvalue weighted by molar-refractivity contribution is 6.73. The van der Waals surface area contributed by atoms with Gasteiger partial charge in [-0.2, -0.15) is 0 Å². The fourth-order valence-electron chi connectivity index (χ4n) is 1.98. The van der Waals surface area contributed by atoms with Crippen LogP contribution in [0.1, 0.15) is 12.8 Å². The van der Waals surface area contributed by atoms with Crippen LogP contribution in [0.5, 0.6) is 0 Å². The van der Waals surface area contributed by atoms with E-state index >= 15 is 0 Å². The van der Waals surface area contributed by atoms with E-state index in [4.69, 9.17) is 0 Å². The minimum absolute atomic E-state index is 0.439. The molecule has 11 heavy (non-hydrogen) atoms. The molecular formula is C10H14Si. The van der Waals surface area contributed by atoms with Gasteiger partial charge in [-0.15, -0.1) is 0 Å². The highest BCUT2D eigenvalue weighted by atomic mass is 28.3. The summed E-state index contributed by atoms with van der Waals surface area (Å²) in [6.07, 6.45) is 2.98. The van der Waals surface area contributed by atoms with E-state index in [-0.39, 0.29) is 0 Å². The van der Waals surface area contributed by atoms with E-state index < -0.39 is 8.80 Å². The third kappa shape index (κ3) is 1.54. The molecule has 0 bridgehead atoms. The predicted octanol–water partition coefficient (Wildman–Crippen LogP) is 1.91. The Hall–Kier alpha value is -0.563. The van der Waals surface area contributed by atoms with Gasteiger partial charge in [-0.3, -0.25) is 0 Å². The van der Waals surface area contributed by atoms with Crippen LogP contribution in [0.4, 0.5) is 0 Å². The lowest BCUT2D eigenvalue weighted by molar-refractivity contribution is 0.935. The van der Waals surface area contributed by atoms with E-state index in [1.807, 2.05) is 0 Å². The molecule has 1 aromatic rings. The fraction of sp³-hybridized carbons (Fsp3) is 0.400. The van der Waals surface area contributed by atoms with Crippen molar-refractivity contribution in [3.63, 3.8) is 0 Å². The van der Waals surface area contributed by atoms with E-state index in [0.717, 1.165) is 0 Å². The first kappa shape index (κ1) is 7.11. The summed E-state index contributed by atoms with van der Waals surface area (Å²) < 4.78 is 0. The highest BCUT2D eigenvalue weighted by Crippen LogP contribution is 2.18. The topological polar surface area (TPSA) is 0 Å². The quantitative estimate of drug-likeness (QED) is 0.553. The molecular weight excluding hydrogens is 148 g/mol. The summed E-state index contributed by atoms with van der Waals surface area (Å²) in [6.45, 7) is 0. The third-order valence-corrected chi connectivity index (χ3v) is 6.16.